The lowest BCUT2D eigenvalue weighted by atomic mass is 9.91. The number of nitrogens with one attached hydrogen (secondary N) is 1. The molecular formula is C23H39IN4O. The molecule has 29 heavy (non-hydrogen) atoms. The molecule has 0 bridgehead atoms. The zero-order valence-electron chi connectivity index (χ0n) is 18.6. The Kier molecular flexibility index (Phi) is 10.2. The number of benzene rings is 1. The molecule has 0 amide bonds. The molecule has 1 aromatic rings. The second kappa shape index (κ2) is 12.1. The lowest BCUT2D eigenvalue weighted by molar-refractivity contribution is 0.134. The highest BCUT2D eigenvalue weighted by atomic mass is 127. The average Bonchev–Trinajstić information content (AvgIpc) is 3.15. The van der Waals surface area contributed by atoms with E-state index in [1.54, 1.807) is 0 Å². The molecule has 5 nitrogen and oxygen atoms in total. The molecule has 3 rings (SSSR count). The van der Waals surface area contributed by atoms with Crippen molar-refractivity contribution < 1.29 is 4.74 Å². The van der Waals surface area contributed by atoms with Gasteiger partial charge in [0.25, 0.3) is 0 Å². The number of halogens is 1. The lowest BCUT2D eigenvalue weighted by Gasteiger charge is -2.35. The minimum Gasteiger partial charge on any atom is -0.381 e. The van der Waals surface area contributed by atoms with Crippen LogP contribution in [-0.4, -0.2) is 62.7 Å². The topological polar surface area (TPSA) is 40.1 Å². The van der Waals surface area contributed by atoms with Crippen LogP contribution in [0.25, 0.3) is 0 Å². The molecular weight excluding hydrogens is 475 g/mol. The van der Waals surface area contributed by atoms with Gasteiger partial charge < -0.3 is 15.0 Å². The van der Waals surface area contributed by atoms with E-state index in [-0.39, 0.29) is 24.0 Å². The van der Waals surface area contributed by atoms with Gasteiger partial charge in [0, 0.05) is 59.3 Å². The molecule has 164 valence electrons. The van der Waals surface area contributed by atoms with E-state index in [0.717, 1.165) is 57.1 Å². The maximum atomic E-state index is 5.49. The van der Waals surface area contributed by atoms with E-state index in [9.17, 15) is 0 Å². The zero-order chi connectivity index (χ0) is 19.9. The molecule has 1 N–H and O–H groups in total. The molecule has 2 fully saturated rings. The first-order valence-corrected chi connectivity index (χ1v) is 10.8. The molecule has 0 aromatic heterocycles. The molecule has 2 aliphatic rings. The lowest BCUT2D eigenvalue weighted by Crippen LogP contribution is -2.41. The van der Waals surface area contributed by atoms with E-state index in [2.05, 4.69) is 65.3 Å². The van der Waals surface area contributed by atoms with Gasteiger partial charge in [-0.2, -0.15) is 0 Å². The van der Waals surface area contributed by atoms with Crippen molar-refractivity contribution in [2.75, 3.05) is 46.9 Å². The Morgan fingerprint density at radius 1 is 1.17 bits per heavy atom. The molecule has 0 radical (unpaired) electrons. The first-order chi connectivity index (χ1) is 13.5. The van der Waals surface area contributed by atoms with Crippen molar-refractivity contribution in [3.8, 4) is 0 Å². The summed E-state index contributed by atoms with van der Waals surface area (Å²) in [5.74, 6) is 3.19. The number of aliphatic imine (C=N–C) groups is 1. The Hall–Kier alpha value is -0.860. The molecule has 2 heterocycles. The van der Waals surface area contributed by atoms with Gasteiger partial charge in [-0.3, -0.25) is 9.89 Å². The summed E-state index contributed by atoms with van der Waals surface area (Å²) >= 11 is 0. The van der Waals surface area contributed by atoms with Crippen molar-refractivity contribution in [3.63, 3.8) is 0 Å². The van der Waals surface area contributed by atoms with Crippen LogP contribution in [0.2, 0.25) is 0 Å². The van der Waals surface area contributed by atoms with Crippen LogP contribution in [0.4, 0.5) is 0 Å². The van der Waals surface area contributed by atoms with Crippen molar-refractivity contribution >= 4 is 29.9 Å². The van der Waals surface area contributed by atoms with Crippen LogP contribution in [0, 0.1) is 17.8 Å². The number of hydrogen-bond acceptors (Lipinski definition) is 3. The molecule has 0 spiro atoms. The summed E-state index contributed by atoms with van der Waals surface area (Å²) in [7, 11) is 3.96. The standard InChI is InChI=1S/C23H38N4O.HI/c1-18-11-19(2)14-27(13-18)16-21-7-5-20(6-8-21)12-25-23(24-3)26(4)15-22-9-10-28-17-22;/h5-8,18-19,22H,9-17H2,1-4H3,(H,24,25);1H. The van der Waals surface area contributed by atoms with Crippen molar-refractivity contribution in [2.45, 2.75) is 39.8 Å². The number of likely N-dealkylation sites (tertiary alicyclic amines) is 1. The van der Waals surface area contributed by atoms with Gasteiger partial charge >= 0.3 is 0 Å². The third-order valence-corrected chi connectivity index (χ3v) is 5.95. The van der Waals surface area contributed by atoms with E-state index < -0.39 is 0 Å². The summed E-state index contributed by atoms with van der Waals surface area (Å²) < 4.78 is 5.49. The van der Waals surface area contributed by atoms with Crippen LogP contribution in [0.5, 0.6) is 0 Å². The first-order valence-electron chi connectivity index (χ1n) is 10.8. The molecule has 3 unspecified atom stereocenters. The van der Waals surface area contributed by atoms with E-state index >= 15 is 0 Å². The quantitative estimate of drug-likeness (QED) is 0.356. The normalized spacial score (nSPS) is 25.5. The summed E-state index contributed by atoms with van der Waals surface area (Å²) in [6.07, 6.45) is 2.52. The molecule has 6 heteroatoms. The Bertz CT molecular complexity index is 620. The second-order valence-corrected chi connectivity index (χ2v) is 8.97. The van der Waals surface area contributed by atoms with Crippen LogP contribution in [-0.2, 0) is 17.8 Å². The molecule has 1 aromatic carbocycles. The number of hydrogen-bond donors (Lipinski definition) is 1. The molecule has 2 saturated heterocycles. The number of ether oxygens (including phenoxy) is 1. The van der Waals surface area contributed by atoms with Crippen LogP contribution in [0.1, 0.15) is 37.8 Å². The summed E-state index contributed by atoms with van der Waals surface area (Å²) in [4.78, 5) is 9.26. The number of guanidine groups is 1. The summed E-state index contributed by atoms with van der Waals surface area (Å²) in [5, 5.41) is 3.50. The number of piperidine rings is 1. The van der Waals surface area contributed by atoms with Gasteiger partial charge in [0.15, 0.2) is 5.96 Å². The van der Waals surface area contributed by atoms with E-state index in [4.69, 9.17) is 4.74 Å². The Morgan fingerprint density at radius 3 is 2.41 bits per heavy atom. The predicted molar refractivity (Wildman–Crippen MR) is 132 cm³/mol. The summed E-state index contributed by atoms with van der Waals surface area (Å²) in [6.45, 7) is 11.8. The molecule has 3 atom stereocenters. The fourth-order valence-electron chi connectivity index (χ4n) is 4.71. The van der Waals surface area contributed by atoms with Gasteiger partial charge in [0.05, 0.1) is 6.61 Å². The number of rotatable bonds is 6. The fourth-order valence-corrected chi connectivity index (χ4v) is 4.71. The highest BCUT2D eigenvalue weighted by molar-refractivity contribution is 14.0. The maximum Gasteiger partial charge on any atom is 0.193 e. The SMILES string of the molecule is CN=C(NCc1ccc(CN2CC(C)CC(C)C2)cc1)N(C)CC1CCOC1.I. The van der Waals surface area contributed by atoms with Crippen molar-refractivity contribution in [1.29, 1.82) is 0 Å². The Balaban J connectivity index is 0.00000300. The largest absolute Gasteiger partial charge is 0.381 e. The van der Waals surface area contributed by atoms with Crippen molar-refractivity contribution in [3.05, 3.63) is 35.4 Å². The van der Waals surface area contributed by atoms with Gasteiger partial charge in [-0.15, -0.1) is 24.0 Å². The summed E-state index contributed by atoms with van der Waals surface area (Å²) in [6, 6.07) is 9.06. The van der Waals surface area contributed by atoms with E-state index in [1.165, 1.54) is 30.6 Å². The van der Waals surface area contributed by atoms with Crippen LogP contribution < -0.4 is 5.32 Å². The van der Waals surface area contributed by atoms with Gasteiger partial charge in [0.1, 0.15) is 0 Å². The van der Waals surface area contributed by atoms with Gasteiger partial charge in [-0.05, 0) is 35.8 Å². The third-order valence-electron chi connectivity index (χ3n) is 5.95. The zero-order valence-corrected chi connectivity index (χ0v) is 20.9. The first kappa shape index (κ1) is 24.4. The fraction of sp³-hybridized carbons (Fsp3) is 0.696. The molecule has 2 aliphatic heterocycles. The number of nitrogens with zero attached hydrogens (tertiary/aromatic N) is 3. The van der Waals surface area contributed by atoms with Gasteiger partial charge in [0.2, 0.25) is 0 Å². The smallest absolute Gasteiger partial charge is 0.193 e. The minimum absolute atomic E-state index is 0. The molecule has 0 saturated carbocycles. The van der Waals surface area contributed by atoms with E-state index in [0.29, 0.717) is 5.92 Å². The minimum atomic E-state index is 0. The van der Waals surface area contributed by atoms with Gasteiger partial charge in [-0.1, -0.05) is 38.1 Å². The highest BCUT2D eigenvalue weighted by Gasteiger charge is 2.21. The monoisotopic (exact) mass is 514 g/mol. The Labute approximate surface area is 194 Å². The highest BCUT2D eigenvalue weighted by Crippen LogP contribution is 2.22. The maximum absolute atomic E-state index is 5.49. The van der Waals surface area contributed by atoms with Crippen LogP contribution >= 0.6 is 24.0 Å². The average molecular weight is 514 g/mol. The molecule has 0 aliphatic carbocycles. The predicted octanol–water partition coefficient (Wildman–Crippen LogP) is 3.83. The summed E-state index contributed by atoms with van der Waals surface area (Å²) in [5.41, 5.74) is 2.70. The Morgan fingerprint density at radius 2 is 1.83 bits per heavy atom. The van der Waals surface area contributed by atoms with Crippen LogP contribution in [0.15, 0.2) is 29.3 Å². The third kappa shape index (κ3) is 7.72. The van der Waals surface area contributed by atoms with Crippen molar-refractivity contribution in [2.24, 2.45) is 22.7 Å². The second-order valence-electron chi connectivity index (χ2n) is 8.97. The van der Waals surface area contributed by atoms with E-state index in [1.807, 2.05) is 7.05 Å². The van der Waals surface area contributed by atoms with Crippen LogP contribution in [0.3, 0.4) is 0 Å². The van der Waals surface area contributed by atoms with Gasteiger partial charge in [-0.25, -0.2) is 0 Å². The van der Waals surface area contributed by atoms with Crippen molar-refractivity contribution in [1.82, 2.24) is 15.1 Å².